The van der Waals surface area contributed by atoms with E-state index in [-0.39, 0.29) is 23.7 Å². The van der Waals surface area contributed by atoms with Gasteiger partial charge in [0.25, 0.3) is 11.6 Å². The Hall–Kier alpha value is -3.42. The Morgan fingerprint density at radius 2 is 1.72 bits per heavy atom. The summed E-state index contributed by atoms with van der Waals surface area (Å²) in [4.78, 5) is 38.8. The number of nitro groups is 1. The normalized spacial score (nSPS) is 10.3. The molecule has 0 bridgehead atoms. The van der Waals surface area contributed by atoms with Crippen LogP contribution in [0.4, 0.5) is 11.4 Å². The van der Waals surface area contributed by atoms with Gasteiger partial charge in [0, 0.05) is 38.3 Å². The van der Waals surface area contributed by atoms with Crippen LogP contribution in [0.15, 0.2) is 48.5 Å². The Kier molecular flexibility index (Phi) is 7.70. The Balaban J connectivity index is 2.14. The first-order valence-corrected chi connectivity index (χ1v) is 9.46. The van der Waals surface area contributed by atoms with E-state index >= 15 is 0 Å². The second-order valence-electron chi connectivity index (χ2n) is 6.56. The van der Waals surface area contributed by atoms with Crippen molar-refractivity contribution in [1.29, 1.82) is 0 Å². The molecule has 0 saturated heterocycles. The molecule has 2 aromatic carbocycles. The van der Waals surface area contributed by atoms with Crippen LogP contribution in [0, 0.1) is 10.1 Å². The highest BCUT2D eigenvalue weighted by molar-refractivity contribution is 5.97. The number of nitrogens with zero attached hydrogens (tertiary/aromatic N) is 3. The van der Waals surface area contributed by atoms with Gasteiger partial charge in [0.1, 0.15) is 5.69 Å². The molecule has 0 aliphatic carbocycles. The summed E-state index contributed by atoms with van der Waals surface area (Å²) in [5.41, 5.74) is 1.29. The van der Waals surface area contributed by atoms with Gasteiger partial charge in [-0.05, 0) is 31.5 Å². The van der Waals surface area contributed by atoms with Crippen molar-refractivity contribution in [3.8, 4) is 0 Å². The Morgan fingerprint density at radius 3 is 2.31 bits per heavy atom. The number of benzene rings is 2. The van der Waals surface area contributed by atoms with Gasteiger partial charge in [-0.15, -0.1) is 0 Å². The number of amides is 2. The van der Waals surface area contributed by atoms with Crippen molar-refractivity contribution in [3.05, 3.63) is 69.8 Å². The van der Waals surface area contributed by atoms with E-state index in [9.17, 15) is 19.7 Å². The number of hydrogen-bond acceptors (Lipinski definition) is 5. The first-order valence-electron chi connectivity index (χ1n) is 9.46. The van der Waals surface area contributed by atoms with E-state index in [1.165, 1.54) is 30.1 Å². The van der Waals surface area contributed by atoms with Gasteiger partial charge in [-0.25, -0.2) is 0 Å². The summed E-state index contributed by atoms with van der Waals surface area (Å²) in [6.45, 7) is 5.20. The van der Waals surface area contributed by atoms with Crippen LogP contribution in [0.25, 0.3) is 0 Å². The molecule has 1 N–H and O–H groups in total. The van der Waals surface area contributed by atoms with E-state index < -0.39 is 10.8 Å². The second-order valence-corrected chi connectivity index (χ2v) is 6.56. The van der Waals surface area contributed by atoms with Gasteiger partial charge in [-0.3, -0.25) is 19.7 Å². The molecule has 0 heterocycles. The van der Waals surface area contributed by atoms with Gasteiger partial charge in [0.15, 0.2) is 0 Å². The molecular formula is C21H26N4O4. The summed E-state index contributed by atoms with van der Waals surface area (Å²) in [7, 11) is 1.51. The molecule has 0 unspecified atom stereocenters. The molecule has 0 aliphatic rings. The molecule has 0 aliphatic heterocycles. The number of nitrogens with one attached hydrogen (secondary N) is 1. The number of likely N-dealkylation sites (N-methyl/N-ethyl adjacent to an activating group) is 2. The van der Waals surface area contributed by atoms with Crippen molar-refractivity contribution in [2.75, 3.05) is 32.0 Å². The monoisotopic (exact) mass is 398 g/mol. The average molecular weight is 398 g/mol. The van der Waals surface area contributed by atoms with Crippen LogP contribution < -0.4 is 5.32 Å². The molecule has 0 spiro atoms. The molecule has 29 heavy (non-hydrogen) atoms. The van der Waals surface area contributed by atoms with Gasteiger partial charge in [-0.1, -0.05) is 30.3 Å². The van der Waals surface area contributed by atoms with Crippen molar-refractivity contribution in [2.45, 2.75) is 20.4 Å². The van der Waals surface area contributed by atoms with E-state index in [1.807, 2.05) is 44.2 Å². The van der Waals surface area contributed by atoms with Crippen LogP contribution in [0.2, 0.25) is 0 Å². The largest absolute Gasteiger partial charge is 0.375 e. The number of carbonyl (C=O) groups is 2. The summed E-state index contributed by atoms with van der Waals surface area (Å²) >= 11 is 0. The predicted molar refractivity (Wildman–Crippen MR) is 112 cm³/mol. The van der Waals surface area contributed by atoms with E-state index in [4.69, 9.17) is 0 Å². The average Bonchev–Trinajstić information content (AvgIpc) is 2.73. The van der Waals surface area contributed by atoms with Gasteiger partial charge in [-0.2, -0.15) is 0 Å². The highest BCUT2D eigenvalue weighted by atomic mass is 16.6. The number of carbonyl (C=O) groups excluding carboxylic acids is 2. The lowest BCUT2D eigenvalue weighted by Crippen LogP contribution is -2.41. The Morgan fingerprint density at radius 1 is 1.07 bits per heavy atom. The van der Waals surface area contributed by atoms with Crippen molar-refractivity contribution in [1.82, 2.24) is 9.80 Å². The minimum absolute atomic E-state index is 0.0810. The summed E-state index contributed by atoms with van der Waals surface area (Å²) in [6.07, 6.45) is 0. The molecule has 0 radical (unpaired) electrons. The first-order chi connectivity index (χ1) is 13.9. The van der Waals surface area contributed by atoms with Crippen LogP contribution in [-0.2, 0) is 11.3 Å². The second kappa shape index (κ2) is 10.2. The quantitative estimate of drug-likeness (QED) is 0.517. The maximum atomic E-state index is 12.7. The van der Waals surface area contributed by atoms with Crippen molar-refractivity contribution < 1.29 is 14.5 Å². The number of rotatable bonds is 9. The fourth-order valence-corrected chi connectivity index (χ4v) is 2.93. The third kappa shape index (κ3) is 5.78. The number of hydrogen-bond donors (Lipinski definition) is 1. The Labute approximate surface area is 170 Å². The van der Waals surface area contributed by atoms with Crippen molar-refractivity contribution >= 4 is 23.2 Å². The van der Waals surface area contributed by atoms with Crippen LogP contribution in [-0.4, -0.2) is 53.2 Å². The maximum Gasteiger partial charge on any atom is 0.293 e. The fourth-order valence-electron chi connectivity index (χ4n) is 2.93. The molecule has 154 valence electrons. The summed E-state index contributed by atoms with van der Waals surface area (Å²) in [5.74, 6) is -0.607. The predicted octanol–water partition coefficient (Wildman–Crippen LogP) is 3.15. The SMILES string of the molecule is CCN(CC)C(=O)CN(C)C(=O)c1ccc(NCc2ccccc2)c([N+](=O)[O-])c1. The summed E-state index contributed by atoms with van der Waals surface area (Å²) in [5, 5.41) is 14.5. The highest BCUT2D eigenvalue weighted by Gasteiger charge is 2.22. The molecule has 2 amide bonds. The topological polar surface area (TPSA) is 95.8 Å². The van der Waals surface area contributed by atoms with Gasteiger partial charge in [0.2, 0.25) is 5.91 Å². The minimum Gasteiger partial charge on any atom is -0.375 e. The third-order valence-electron chi connectivity index (χ3n) is 4.60. The molecule has 8 nitrogen and oxygen atoms in total. The maximum absolute atomic E-state index is 12.7. The van der Waals surface area contributed by atoms with Crippen molar-refractivity contribution in [3.63, 3.8) is 0 Å². The van der Waals surface area contributed by atoms with Crippen LogP contribution >= 0.6 is 0 Å². The zero-order chi connectivity index (χ0) is 21.4. The minimum atomic E-state index is -0.523. The molecule has 0 fully saturated rings. The highest BCUT2D eigenvalue weighted by Crippen LogP contribution is 2.26. The van der Waals surface area contributed by atoms with E-state index in [1.54, 1.807) is 4.90 Å². The van der Waals surface area contributed by atoms with Crippen molar-refractivity contribution in [2.24, 2.45) is 0 Å². The molecular weight excluding hydrogens is 372 g/mol. The smallest absolute Gasteiger partial charge is 0.293 e. The number of anilines is 1. The van der Waals surface area contributed by atoms with Crippen LogP contribution in [0.5, 0.6) is 0 Å². The van der Waals surface area contributed by atoms with E-state index in [2.05, 4.69) is 5.32 Å². The molecule has 0 atom stereocenters. The van der Waals surface area contributed by atoms with Crippen LogP contribution in [0.1, 0.15) is 29.8 Å². The Bertz CT molecular complexity index is 866. The van der Waals surface area contributed by atoms with Gasteiger partial charge in [0.05, 0.1) is 11.5 Å². The third-order valence-corrected chi connectivity index (χ3v) is 4.60. The van der Waals surface area contributed by atoms with E-state index in [0.29, 0.717) is 25.3 Å². The zero-order valence-electron chi connectivity index (χ0n) is 16.9. The summed E-state index contributed by atoms with van der Waals surface area (Å²) in [6, 6.07) is 13.8. The standard InChI is InChI=1S/C21H26N4O4/c1-4-24(5-2)20(26)15-23(3)21(27)17-11-12-18(19(13-17)25(28)29)22-14-16-9-7-6-8-10-16/h6-13,22H,4-5,14-15H2,1-3H3. The fraction of sp³-hybridized carbons (Fsp3) is 0.333. The lowest BCUT2D eigenvalue weighted by atomic mass is 10.1. The molecule has 8 heteroatoms. The van der Waals surface area contributed by atoms with Crippen LogP contribution in [0.3, 0.4) is 0 Å². The first kappa shape index (κ1) is 21.9. The molecule has 2 rings (SSSR count). The molecule has 0 aromatic heterocycles. The molecule has 2 aromatic rings. The lowest BCUT2D eigenvalue weighted by molar-refractivity contribution is -0.384. The van der Waals surface area contributed by atoms with E-state index in [0.717, 1.165) is 5.56 Å². The zero-order valence-corrected chi connectivity index (χ0v) is 16.9. The summed E-state index contributed by atoms with van der Waals surface area (Å²) < 4.78 is 0. The van der Waals surface area contributed by atoms with Gasteiger partial charge >= 0.3 is 0 Å². The molecule has 0 saturated carbocycles. The van der Waals surface area contributed by atoms with Gasteiger partial charge < -0.3 is 15.1 Å². The lowest BCUT2D eigenvalue weighted by Gasteiger charge is -2.23. The number of nitro benzene ring substituents is 1.